The quantitative estimate of drug-likeness (QED) is 0.0603. The molecule has 1 atom stereocenters. The maximum Gasteiger partial charge on any atom is 0.132 e. The van der Waals surface area contributed by atoms with Crippen molar-refractivity contribution in [3.63, 3.8) is 0 Å². The molecule has 0 aliphatic rings. The van der Waals surface area contributed by atoms with Crippen molar-refractivity contribution in [1.29, 1.82) is 0 Å². The van der Waals surface area contributed by atoms with Gasteiger partial charge in [-0.1, -0.05) is 153 Å². The maximum atomic E-state index is 11.3. The number of hydrogen-bond acceptors (Lipinski definition) is 2. The average Bonchev–Trinajstić information content (AvgIpc) is 3.00. The zero-order valence-corrected chi connectivity index (χ0v) is 28.7. The lowest BCUT2D eigenvalue weighted by Crippen LogP contribution is -2.19. The predicted octanol–water partition coefficient (Wildman–Crippen LogP) is 13.3. The highest BCUT2D eigenvalue weighted by Crippen LogP contribution is 2.14. The Morgan fingerprint density at radius 2 is 0.833 bits per heavy atom. The van der Waals surface area contributed by atoms with E-state index in [-0.39, 0.29) is 0 Å². The molecule has 2 nitrogen and oxygen atoms in total. The molecular weight excluding hydrogens is 510 g/mol. The van der Waals surface area contributed by atoms with Gasteiger partial charge in [0.05, 0.1) is 0 Å². The molecule has 246 valence electrons. The largest absolute Gasteiger partial charge is 0.328 e. The van der Waals surface area contributed by atoms with E-state index in [1.807, 2.05) is 6.92 Å². The second-order valence-corrected chi connectivity index (χ2v) is 12.9. The lowest BCUT2D eigenvalue weighted by atomic mass is 10.0. The number of rotatable bonds is 34. The predicted molar refractivity (Wildman–Crippen MR) is 190 cm³/mol. The van der Waals surface area contributed by atoms with Crippen LogP contribution in [-0.4, -0.2) is 11.8 Å². The minimum atomic E-state index is 0.408. The van der Waals surface area contributed by atoms with E-state index in [0.717, 1.165) is 25.7 Å². The highest BCUT2D eigenvalue weighted by molar-refractivity contribution is 5.77. The normalized spacial score (nSPS) is 12.8. The molecule has 2 heteroatoms. The van der Waals surface area contributed by atoms with Crippen molar-refractivity contribution in [2.24, 2.45) is 5.73 Å². The lowest BCUT2D eigenvalue weighted by Gasteiger charge is -2.11. The summed E-state index contributed by atoms with van der Waals surface area (Å²) in [6.07, 6.45) is 52.3. The zero-order valence-electron chi connectivity index (χ0n) is 28.7. The Labute approximate surface area is 264 Å². The Hall–Kier alpha value is -1.15. The number of nitrogens with two attached hydrogens (primary N) is 1. The van der Waals surface area contributed by atoms with Gasteiger partial charge in [0, 0.05) is 18.9 Å². The first-order valence-electron chi connectivity index (χ1n) is 18.9. The first kappa shape index (κ1) is 40.9. The van der Waals surface area contributed by atoms with Crippen LogP contribution in [0.4, 0.5) is 0 Å². The fourth-order valence-corrected chi connectivity index (χ4v) is 5.62. The number of carbonyl (C=O) groups excluding carboxylic acids is 1. The van der Waals surface area contributed by atoms with E-state index < -0.39 is 0 Å². The van der Waals surface area contributed by atoms with Crippen LogP contribution in [-0.2, 0) is 4.79 Å². The van der Waals surface area contributed by atoms with E-state index in [0.29, 0.717) is 18.2 Å². The van der Waals surface area contributed by atoms with Crippen molar-refractivity contribution in [1.82, 2.24) is 0 Å². The molecule has 0 radical (unpaired) electrons. The van der Waals surface area contributed by atoms with Gasteiger partial charge in [-0.15, -0.1) is 0 Å². The van der Waals surface area contributed by atoms with Crippen LogP contribution in [0.2, 0.25) is 0 Å². The highest BCUT2D eigenvalue weighted by atomic mass is 16.1. The fourth-order valence-electron chi connectivity index (χ4n) is 5.62. The summed E-state index contributed by atoms with van der Waals surface area (Å²) < 4.78 is 0. The van der Waals surface area contributed by atoms with Crippen LogP contribution in [0, 0.1) is 0 Å². The van der Waals surface area contributed by atoms with Gasteiger partial charge in [-0.05, 0) is 77.0 Å². The Bertz CT molecular complexity index is 619. The average molecular weight is 586 g/mol. The van der Waals surface area contributed by atoms with Gasteiger partial charge in [-0.2, -0.15) is 0 Å². The van der Waals surface area contributed by atoms with Crippen molar-refractivity contribution in [3.05, 3.63) is 36.5 Å². The second kappa shape index (κ2) is 36.0. The first-order valence-corrected chi connectivity index (χ1v) is 18.9. The van der Waals surface area contributed by atoms with Gasteiger partial charge in [-0.25, -0.2) is 0 Å². The van der Waals surface area contributed by atoms with E-state index in [4.69, 9.17) is 5.73 Å². The Balaban J connectivity index is 3.29. The minimum absolute atomic E-state index is 0.408. The molecule has 2 N–H and O–H groups in total. The molecule has 0 heterocycles. The molecule has 0 aliphatic carbocycles. The fraction of sp³-hybridized carbons (Fsp3) is 0.825. The number of ketones is 1. The summed E-state index contributed by atoms with van der Waals surface area (Å²) in [4.78, 5) is 11.3. The molecule has 0 amide bonds. The summed E-state index contributed by atoms with van der Waals surface area (Å²) in [5, 5.41) is 0. The standard InChI is InChI=1S/C40H75NO/c1-3-5-6-7-8-9-10-11-12-15-18-21-24-27-30-33-36-39(41)37-34-31-28-25-22-19-16-13-14-17-20-23-26-29-32-35-38-40(42)4-2/h11-14,20,23,39H,3-10,15-19,21-22,24-38,41H2,1-2H3/b12-11-,14-13-,23-20-. The van der Waals surface area contributed by atoms with Crippen LogP contribution < -0.4 is 5.73 Å². The van der Waals surface area contributed by atoms with E-state index in [9.17, 15) is 4.79 Å². The van der Waals surface area contributed by atoms with Crippen molar-refractivity contribution in [2.45, 2.75) is 213 Å². The molecule has 0 rings (SSSR count). The topological polar surface area (TPSA) is 43.1 Å². The van der Waals surface area contributed by atoms with E-state index >= 15 is 0 Å². The van der Waals surface area contributed by atoms with Crippen LogP contribution in [0.3, 0.4) is 0 Å². The second-order valence-electron chi connectivity index (χ2n) is 12.9. The summed E-state index contributed by atoms with van der Waals surface area (Å²) in [7, 11) is 0. The molecule has 1 unspecified atom stereocenters. The Morgan fingerprint density at radius 1 is 0.476 bits per heavy atom. The smallest absolute Gasteiger partial charge is 0.132 e. The summed E-state index contributed by atoms with van der Waals surface area (Å²) in [5.41, 5.74) is 6.38. The van der Waals surface area contributed by atoms with Gasteiger partial charge in [0.25, 0.3) is 0 Å². The summed E-state index contributed by atoms with van der Waals surface area (Å²) in [6.45, 7) is 4.25. The van der Waals surface area contributed by atoms with Gasteiger partial charge in [-0.3, -0.25) is 4.79 Å². The van der Waals surface area contributed by atoms with E-state index in [1.165, 1.54) is 161 Å². The number of allylic oxidation sites excluding steroid dienone is 6. The monoisotopic (exact) mass is 586 g/mol. The van der Waals surface area contributed by atoms with Gasteiger partial charge in [0.1, 0.15) is 5.78 Å². The molecule has 0 saturated carbocycles. The molecule has 0 aliphatic heterocycles. The number of hydrogen-bond donors (Lipinski definition) is 1. The third-order valence-electron chi connectivity index (χ3n) is 8.61. The first-order chi connectivity index (χ1) is 20.7. The maximum absolute atomic E-state index is 11.3. The molecular formula is C40H75NO. The van der Waals surface area contributed by atoms with Crippen LogP contribution in [0.25, 0.3) is 0 Å². The van der Waals surface area contributed by atoms with Crippen LogP contribution in [0.5, 0.6) is 0 Å². The summed E-state index contributed by atoms with van der Waals surface area (Å²) >= 11 is 0. The number of Topliss-reactive ketones (excluding diaryl/α,β-unsaturated/α-hetero) is 1. The van der Waals surface area contributed by atoms with Crippen LogP contribution >= 0.6 is 0 Å². The van der Waals surface area contributed by atoms with Gasteiger partial charge < -0.3 is 5.73 Å². The van der Waals surface area contributed by atoms with Crippen molar-refractivity contribution >= 4 is 5.78 Å². The third kappa shape index (κ3) is 35.0. The minimum Gasteiger partial charge on any atom is -0.328 e. The van der Waals surface area contributed by atoms with Crippen molar-refractivity contribution in [3.8, 4) is 0 Å². The van der Waals surface area contributed by atoms with Gasteiger partial charge >= 0.3 is 0 Å². The molecule has 0 aromatic carbocycles. The van der Waals surface area contributed by atoms with E-state index in [1.54, 1.807) is 0 Å². The molecule has 42 heavy (non-hydrogen) atoms. The van der Waals surface area contributed by atoms with Crippen LogP contribution in [0.15, 0.2) is 36.5 Å². The molecule has 0 bridgehead atoms. The number of carbonyl (C=O) groups is 1. The van der Waals surface area contributed by atoms with Crippen molar-refractivity contribution in [2.75, 3.05) is 0 Å². The molecule has 0 fully saturated rings. The van der Waals surface area contributed by atoms with Gasteiger partial charge in [0.2, 0.25) is 0 Å². The molecule has 0 aromatic rings. The lowest BCUT2D eigenvalue weighted by molar-refractivity contribution is -0.118. The van der Waals surface area contributed by atoms with Crippen LogP contribution in [0.1, 0.15) is 206 Å². The Kier molecular flexibility index (Phi) is 35.1. The Morgan fingerprint density at radius 3 is 1.26 bits per heavy atom. The summed E-state index contributed by atoms with van der Waals surface area (Å²) in [5.74, 6) is 0.408. The van der Waals surface area contributed by atoms with Gasteiger partial charge in [0.15, 0.2) is 0 Å². The molecule has 0 spiro atoms. The highest BCUT2D eigenvalue weighted by Gasteiger charge is 2.02. The molecule has 0 saturated heterocycles. The SMILES string of the molecule is CCCCCCCC/C=C\CCCCCCCCC(N)CCCCCCCC/C=C\C/C=C\CCCCCC(=O)CC. The van der Waals surface area contributed by atoms with Crippen molar-refractivity contribution < 1.29 is 4.79 Å². The summed E-state index contributed by atoms with van der Waals surface area (Å²) in [6, 6.07) is 0.428. The third-order valence-corrected chi connectivity index (χ3v) is 8.61. The zero-order chi connectivity index (χ0) is 30.6. The molecule has 0 aromatic heterocycles. The number of unbranched alkanes of at least 4 members (excludes halogenated alkanes) is 21. The van der Waals surface area contributed by atoms with E-state index in [2.05, 4.69) is 43.4 Å².